The van der Waals surface area contributed by atoms with Crippen LogP contribution in [-0.4, -0.2) is 56.8 Å². The van der Waals surface area contributed by atoms with E-state index in [1.54, 1.807) is 14.1 Å². The summed E-state index contributed by atoms with van der Waals surface area (Å²) >= 11 is 0. The quantitative estimate of drug-likeness (QED) is 0.459. The van der Waals surface area contributed by atoms with Crippen LogP contribution in [0.5, 0.6) is 0 Å². The third-order valence-electron chi connectivity index (χ3n) is 3.33. The van der Waals surface area contributed by atoms with Crippen molar-refractivity contribution >= 4 is 10.2 Å². The molecule has 112 valence electrons. The second kappa shape index (κ2) is 7.99. The normalized spacial score (nSPS) is 16.2. The zero-order valence-corrected chi connectivity index (χ0v) is 13.0. The molecule has 0 saturated heterocycles. The minimum absolute atomic E-state index is 0.541. The first-order chi connectivity index (χ1) is 8.98. The third kappa shape index (κ3) is 6.03. The zero-order valence-electron chi connectivity index (χ0n) is 12.1. The second-order valence-electron chi connectivity index (χ2n) is 5.16. The molecular formula is C13H27N3O2S. The van der Waals surface area contributed by atoms with Crippen molar-refractivity contribution in [3.05, 3.63) is 12.7 Å². The summed E-state index contributed by atoms with van der Waals surface area (Å²) in [6, 6.07) is 0.684. The summed E-state index contributed by atoms with van der Waals surface area (Å²) in [5.41, 5.74) is 0. The number of unbranched alkanes of at least 4 members (excludes halogenated alkanes) is 1. The minimum atomic E-state index is -3.30. The van der Waals surface area contributed by atoms with E-state index in [-0.39, 0.29) is 0 Å². The van der Waals surface area contributed by atoms with Crippen LogP contribution in [-0.2, 0) is 10.2 Å². The molecule has 0 aliphatic heterocycles. The minimum Gasteiger partial charge on any atom is -0.314 e. The van der Waals surface area contributed by atoms with Gasteiger partial charge in [-0.05, 0) is 38.6 Å². The number of allylic oxidation sites excluding steroid dienone is 1. The van der Waals surface area contributed by atoms with E-state index in [1.807, 2.05) is 6.08 Å². The Morgan fingerprint density at radius 2 is 1.79 bits per heavy atom. The van der Waals surface area contributed by atoms with E-state index in [9.17, 15) is 8.42 Å². The first-order valence-electron chi connectivity index (χ1n) is 7.00. The Kier molecular flexibility index (Phi) is 6.99. The molecule has 0 atom stereocenters. The lowest BCUT2D eigenvalue weighted by Gasteiger charge is -2.24. The first-order valence-corrected chi connectivity index (χ1v) is 8.40. The molecule has 1 aliphatic carbocycles. The number of nitrogens with zero attached hydrogens (tertiary/aromatic N) is 2. The highest BCUT2D eigenvalue weighted by Crippen LogP contribution is 2.18. The fourth-order valence-corrected chi connectivity index (χ4v) is 3.02. The van der Waals surface area contributed by atoms with Gasteiger partial charge >= 0.3 is 0 Å². The van der Waals surface area contributed by atoms with Gasteiger partial charge in [-0.3, -0.25) is 0 Å². The van der Waals surface area contributed by atoms with Gasteiger partial charge in [0, 0.05) is 33.2 Å². The molecule has 1 fully saturated rings. The standard InChI is InChI=1S/C13H27N3O2S/c1-4-5-6-11-15(2)19(17,18)16(3)12-7-10-14-13-8-9-13/h4,13-14H,1,5-12H2,2-3H3. The van der Waals surface area contributed by atoms with Gasteiger partial charge in [-0.2, -0.15) is 17.0 Å². The van der Waals surface area contributed by atoms with Gasteiger partial charge in [0.25, 0.3) is 10.2 Å². The zero-order chi connectivity index (χ0) is 14.3. The lowest BCUT2D eigenvalue weighted by molar-refractivity contribution is 0.384. The molecule has 1 saturated carbocycles. The first kappa shape index (κ1) is 16.6. The van der Waals surface area contributed by atoms with Gasteiger partial charge in [0.15, 0.2) is 0 Å². The summed E-state index contributed by atoms with van der Waals surface area (Å²) in [6.45, 7) is 5.64. The van der Waals surface area contributed by atoms with Crippen LogP contribution in [0.25, 0.3) is 0 Å². The molecule has 0 bridgehead atoms. The largest absolute Gasteiger partial charge is 0.314 e. The lowest BCUT2D eigenvalue weighted by Crippen LogP contribution is -2.41. The van der Waals surface area contributed by atoms with Crippen molar-refractivity contribution in [3.63, 3.8) is 0 Å². The van der Waals surface area contributed by atoms with Gasteiger partial charge in [0.05, 0.1) is 0 Å². The van der Waals surface area contributed by atoms with Crippen LogP contribution >= 0.6 is 0 Å². The van der Waals surface area contributed by atoms with Gasteiger partial charge in [0.2, 0.25) is 0 Å². The van der Waals surface area contributed by atoms with Gasteiger partial charge < -0.3 is 5.32 Å². The molecule has 1 aliphatic rings. The summed E-state index contributed by atoms with van der Waals surface area (Å²) in [5, 5.41) is 3.39. The van der Waals surface area contributed by atoms with Crippen LogP contribution in [0.4, 0.5) is 0 Å². The van der Waals surface area contributed by atoms with Crippen LogP contribution < -0.4 is 5.32 Å². The number of nitrogens with one attached hydrogen (secondary N) is 1. The SMILES string of the molecule is C=CCCCN(C)S(=O)(=O)N(C)CCCNC1CC1. The summed E-state index contributed by atoms with van der Waals surface area (Å²) in [7, 11) is -0.0144. The molecule has 6 heteroatoms. The number of rotatable bonds is 11. The predicted octanol–water partition coefficient (Wildman–Crippen LogP) is 1.20. The van der Waals surface area contributed by atoms with Crippen molar-refractivity contribution in [2.24, 2.45) is 0 Å². The maximum Gasteiger partial charge on any atom is 0.281 e. The molecule has 0 amide bonds. The van der Waals surface area contributed by atoms with Crippen molar-refractivity contribution in [3.8, 4) is 0 Å². The van der Waals surface area contributed by atoms with Crippen molar-refractivity contribution in [1.82, 2.24) is 13.9 Å². The summed E-state index contributed by atoms with van der Waals surface area (Å²) in [5.74, 6) is 0. The average Bonchev–Trinajstić information content (AvgIpc) is 3.18. The Bertz CT molecular complexity index is 366. The van der Waals surface area contributed by atoms with E-state index in [0.29, 0.717) is 19.1 Å². The van der Waals surface area contributed by atoms with Gasteiger partial charge in [-0.25, -0.2) is 0 Å². The van der Waals surface area contributed by atoms with Crippen molar-refractivity contribution in [2.75, 3.05) is 33.7 Å². The Balaban J connectivity index is 2.25. The molecule has 0 spiro atoms. The lowest BCUT2D eigenvalue weighted by atomic mass is 10.3. The summed E-state index contributed by atoms with van der Waals surface area (Å²) < 4.78 is 27.2. The molecule has 0 unspecified atom stereocenters. The van der Waals surface area contributed by atoms with Crippen LogP contribution in [0.3, 0.4) is 0 Å². The van der Waals surface area contributed by atoms with Crippen molar-refractivity contribution in [2.45, 2.75) is 38.1 Å². The fraction of sp³-hybridized carbons (Fsp3) is 0.846. The predicted molar refractivity (Wildman–Crippen MR) is 79.3 cm³/mol. The highest BCUT2D eigenvalue weighted by Gasteiger charge is 2.23. The van der Waals surface area contributed by atoms with Gasteiger partial charge in [-0.1, -0.05) is 6.08 Å². The van der Waals surface area contributed by atoms with Crippen LogP contribution in [0.1, 0.15) is 32.1 Å². The maximum atomic E-state index is 12.2. The summed E-state index contributed by atoms with van der Waals surface area (Å²) in [6.07, 6.45) is 6.85. The van der Waals surface area contributed by atoms with E-state index < -0.39 is 10.2 Å². The highest BCUT2D eigenvalue weighted by molar-refractivity contribution is 7.86. The molecule has 1 rings (SSSR count). The molecule has 0 aromatic heterocycles. The summed E-state index contributed by atoms with van der Waals surface area (Å²) in [4.78, 5) is 0. The smallest absolute Gasteiger partial charge is 0.281 e. The average molecular weight is 289 g/mol. The van der Waals surface area contributed by atoms with Crippen molar-refractivity contribution < 1.29 is 8.42 Å². The monoisotopic (exact) mass is 289 g/mol. The van der Waals surface area contributed by atoms with Crippen LogP contribution in [0, 0.1) is 0 Å². The Morgan fingerprint density at radius 3 is 2.32 bits per heavy atom. The van der Waals surface area contributed by atoms with E-state index in [4.69, 9.17) is 0 Å². The molecule has 0 heterocycles. The third-order valence-corrected chi connectivity index (χ3v) is 5.27. The van der Waals surface area contributed by atoms with Gasteiger partial charge in [-0.15, -0.1) is 6.58 Å². The molecule has 1 N–H and O–H groups in total. The highest BCUT2D eigenvalue weighted by atomic mass is 32.2. The topological polar surface area (TPSA) is 52.7 Å². The van der Waals surface area contributed by atoms with E-state index >= 15 is 0 Å². The molecular weight excluding hydrogens is 262 g/mol. The molecule has 5 nitrogen and oxygen atoms in total. The second-order valence-corrected chi connectivity index (χ2v) is 7.31. The fourth-order valence-electron chi connectivity index (χ4n) is 1.82. The van der Waals surface area contributed by atoms with Crippen molar-refractivity contribution in [1.29, 1.82) is 0 Å². The van der Waals surface area contributed by atoms with Crippen LogP contribution in [0.15, 0.2) is 12.7 Å². The van der Waals surface area contributed by atoms with Crippen LogP contribution in [0.2, 0.25) is 0 Å². The molecule has 0 aromatic carbocycles. The Morgan fingerprint density at radius 1 is 1.21 bits per heavy atom. The Hall–Kier alpha value is -0.430. The Labute approximate surface area is 117 Å². The molecule has 0 radical (unpaired) electrons. The number of hydrogen-bond donors (Lipinski definition) is 1. The molecule has 0 aromatic rings. The maximum absolute atomic E-state index is 12.2. The van der Waals surface area contributed by atoms with Gasteiger partial charge in [0.1, 0.15) is 0 Å². The molecule has 19 heavy (non-hydrogen) atoms. The van der Waals surface area contributed by atoms with E-state index in [0.717, 1.165) is 25.8 Å². The van der Waals surface area contributed by atoms with E-state index in [1.165, 1.54) is 21.5 Å². The van der Waals surface area contributed by atoms with E-state index in [2.05, 4.69) is 11.9 Å². The number of hydrogen-bond acceptors (Lipinski definition) is 3.